The molecule has 2 aliphatic heterocycles. The maximum absolute atomic E-state index is 6.14. The Bertz CT molecular complexity index is 1330. The van der Waals surface area contributed by atoms with E-state index in [2.05, 4.69) is 40.2 Å². The standard InChI is InChI=1S/C26H29ClN6O2/c1-17(19-6-10-34-11-7-19)25-29-30-26-24-22(15-21(16-28-24)32-8-12-35-13-9-32)23(31-33(25)26)14-18-2-4-20(27)5-3-18/h2-5,15-17,19H,6-14H2,1H3. The molecule has 5 heterocycles. The molecule has 0 aliphatic carbocycles. The molecule has 1 unspecified atom stereocenters. The van der Waals surface area contributed by atoms with E-state index >= 15 is 0 Å². The number of fused-ring (bicyclic) bond motifs is 3. The number of hydrogen-bond donors (Lipinski definition) is 0. The first-order valence-corrected chi connectivity index (χ1v) is 12.7. The van der Waals surface area contributed by atoms with Gasteiger partial charge in [0.2, 0.25) is 5.65 Å². The summed E-state index contributed by atoms with van der Waals surface area (Å²) in [4.78, 5) is 7.21. The summed E-state index contributed by atoms with van der Waals surface area (Å²) in [6, 6.07) is 10.1. The number of benzene rings is 1. The lowest BCUT2D eigenvalue weighted by atomic mass is 9.87. The van der Waals surface area contributed by atoms with Crippen LogP contribution in [0.25, 0.3) is 16.6 Å². The molecule has 6 rings (SSSR count). The van der Waals surface area contributed by atoms with Crippen LogP contribution in [-0.4, -0.2) is 64.3 Å². The molecule has 0 spiro atoms. The maximum Gasteiger partial charge on any atom is 0.204 e. The van der Waals surface area contributed by atoms with Gasteiger partial charge in [0.1, 0.15) is 5.52 Å². The second-order valence-corrected chi connectivity index (χ2v) is 9.91. The molecule has 182 valence electrons. The van der Waals surface area contributed by atoms with E-state index in [1.807, 2.05) is 22.8 Å². The van der Waals surface area contributed by atoms with E-state index in [1.54, 1.807) is 0 Å². The average Bonchev–Trinajstić information content (AvgIpc) is 3.34. The lowest BCUT2D eigenvalue weighted by Gasteiger charge is -2.28. The lowest BCUT2D eigenvalue weighted by molar-refractivity contribution is 0.0585. The second-order valence-electron chi connectivity index (χ2n) is 9.47. The van der Waals surface area contributed by atoms with Gasteiger partial charge in [0, 0.05) is 49.1 Å². The van der Waals surface area contributed by atoms with Crippen molar-refractivity contribution in [3.63, 3.8) is 0 Å². The Labute approximate surface area is 209 Å². The summed E-state index contributed by atoms with van der Waals surface area (Å²) < 4.78 is 13.0. The summed E-state index contributed by atoms with van der Waals surface area (Å²) in [5, 5.41) is 16.1. The molecular formula is C26H29ClN6O2. The molecule has 1 aromatic carbocycles. The number of anilines is 1. The maximum atomic E-state index is 6.14. The van der Waals surface area contributed by atoms with Crippen molar-refractivity contribution >= 4 is 33.8 Å². The van der Waals surface area contributed by atoms with Gasteiger partial charge in [0.05, 0.1) is 30.8 Å². The summed E-state index contributed by atoms with van der Waals surface area (Å²) in [5.41, 5.74) is 4.73. The Morgan fingerprint density at radius 1 is 1.03 bits per heavy atom. The quantitative estimate of drug-likeness (QED) is 0.411. The molecule has 35 heavy (non-hydrogen) atoms. The monoisotopic (exact) mass is 492 g/mol. The van der Waals surface area contributed by atoms with Crippen molar-refractivity contribution in [2.24, 2.45) is 5.92 Å². The molecule has 0 radical (unpaired) electrons. The highest BCUT2D eigenvalue weighted by molar-refractivity contribution is 6.30. The molecule has 2 aliphatic rings. The van der Waals surface area contributed by atoms with Crippen molar-refractivity contribution in [3.05, 3.63) is 58.6 Å². The molecule has 1 atom stereocenters. The van der Waals surface area contributed by atoms with E-state index in [0.717, 1.165) is 91.1 Å². The predicted octanol–water partition coefficient (Wildman–Crippen LogP) is 4.28. The molecule has 0 saturated carbocycles. The molecule has 3 aromatic heterocycles. The van der Waals surface area contributed by atoms with Crippen LogP contribution in [0.15, 0.2) is 36.5 Å². The largest absolute Gasteiger partial charge is 0.381 e. The smallest absolute Gasteiger partial charge is 0.204 e. The number of morpholine rings is 1. The van der Waals surface area contributed by atoms with Crippen molar-refractivity contribution < 1.29 is 9.47 Å². The highest BCUT2D eigenvalue weighted by Gasteiger charge is 2.27. The van der Waals surface area contributed by atoms with Crippen LogP contribution in [0.5, 0.6) is 0 Å². The first kappa shape index (κ1) is 22.6. The fourth-order valence-electron chi connectivity index (χ4n) is 5.20. The number of halogens is 1. The zero-order chi connectivity index (χ0) is 23.8. The zero-order valence-electron chi connectivity index (χ0n) is 19.9. The van der Waals surface area contributed by atoms with Gasteiger partial charge in [-0.05, 0) is 42.5 Å². The third-order valence-corrected chi connectivity index (χ3v) is 7.57. The van der Waals surface area contributed by atoms with E-state index in [9.17, 15) is 0 Å². The van der Waals surface area contributed by atoms with Crippen molar-refractivity contribution in [3.8, 4) is 0 Å². The Morgan fingerprint density at radius 2 is 1.77 bits per heavy atom. The van der Waals surface area contributed by atoms with Crippen molar-refractivity contribution in [1.82, 2.24) is 24.8 Å². The second kappa shape index (κ2) is 9.68. The summed E-state index contributed by atoms with van der Waals surface area (Å²) in [6.07, 6.45) is 4.67. The van der Waals surface area contributed by atoms with Crippen LogP contribution < -0.4 is 4.90 Å². The first-order valence-electron chi connectivity index (χ1n) is 12.4. The van der Waals surface area contributed by atoms with Gasteiger partial charge in [0.15, 0.2) is 5.82 Å². The minimum atomic E-state index is 0.231. The number of rotatable bonds is 5. The van der Waals surface area contributed by atoms with Crippen molar-refractivity contribution in [1.29, 1.82) is 0 Å². The highest BCUT2D eigenvalue weighted by atomic mass is 35.5. The lowest BCUT2D eigenvalue weighted by Crippen LogP contribution is -2.36. The fourth-order valence-corrected chi connectivity index (χ4v) is 5.32. The third kappa shape index (κ3) is 4.46. The van der Waals surface area contributed by atoms with E-state index in [-0.39, 0.29) is 5.92 Å². The average molecular weight is 493 g/mol. The molecule has 2 saturated heterocycles. The molecule has 4 aromatic rings. The van der Waals surface area contributed by atoms with Gasteiger partial charge in [-0.3, -0.25) is 0 Å². The van der Waals surface area contributed by atoms with Crippen molar-refractivity contribution in [2.75, 3.05) is 44.4 Å². The Hall–Kier alpha value is -2.81. The number of pyridine rings is 1. The summed E-state index contributed by atoms with van der Waals surface area (Å²) >= 11 is 6.14. The molecule has 0 N–H and O–H groups in total. The number of ether oxygens (including phenoxy) is 2. The summed E-state index contributed by atoms with van der Waals surface area (Å²) in [7, 11) is 0. The third-order valence-electron chi connectivity index (χ3n) is 7.32. The van der Waals surface area contributed by atoms with Crippen LogP contribution in [0, 0.1) is 5.92 Å². The van der Waals surface area contributed by atoms with E-state index < -0.39 is 0 Å². The topological polar surface area (TPSA) is 77.7 Å². The van der Waals surface area contributed by atoms with Crippen LogP contribution in [-0.2, 0) is 15.9 Å². The van der Waals surface area contributed by atoms with Gasteiger partial charge >= 0.3 is 0 Å². The summed E-state index contributed by atoms with van der Waals surface area (Å²) in [5.74, 6) is 1.63. The number of aromatic nitrogens is 5. The normalized spacial score (nSPS) is 18.4. The summed E-state index contributed by atoms with van der Waals surface area (Å²) in [6.45, 7) is 6.99. The van der Waals surface area contributed by atoms with Gasteiger partial charge in [-0.25, -0.2) is 4.98 Å². The minimum Gasteiger partial charge on any atom is -0.381 e. The Morgan fingerprint density at radius 3 is 2.54 bits per heavy atom. The fraction of sp³-hybridized carbons (Fsp3) is 0.462. The van der Waals surface area contributed by atoms with Crippen LogP contribution >= 0.6 is 11.6 Å². The van der Waals surface area contributed by atoms with E-state index in [0.29, 0.717) is 18.0 Å². The number of nitrogens with zero attached hydrogens (tertiary/aromatic N) is 6. The predicted molar refractivity (Wildman–Crippen MR) is 135 cm³/mol. The van der Waals surface area contributed by atoms with Gasteiger partial charge in [-0.1, -0.05) is 30.7 Å². The molecule has 0 amide bonds. The molecule has 9 heteroatoms. The van der Waals surface area contributed by atoms with E-state index in [1.165, 1.54) is 0 Å². The zero-order valence-corrected chi connectivity index (χ0v) is 20.6. The first-order chi connectivity index (χ1) is 17.2. The molecular weight excluding hydrogens is 464 g/mol. The molecule has 2 fully saturated rings. The SMILES string of the molecule is CC(c1nnc2c3ncc(N4CCOCC4)cc3c(Cc3ccc(Cl)cc3)nn12)C1CCOCC1. The van der Waals surface area contributed by atoms with E-state index in [4.69, 9.17) is 31.2 Å². The Balaban J connectivity index is 1.47. The highest BCUT2D eigenvalue weighted by Crippen LogP contribution is 2.33. The number of hydrogen-bond acceptors (Lipinski definition) is 7. The molecule has 8 nitrogen and oxygen atoms in total. The minimum absolute atomic E-state index is 0.231. The molecule has 0 bridgehead atoms. The van der Waals surface area contributed by atoms with Gasteiger partial charge < -0.3 is 14.4 Å². The van der Waals surface area contributed by atoms with Crippen LogP contribution in [0.4, 0.5) is 5.69 Å². The van der Waals surface area contributed by atoms with Crippen LogP contribution in [0.2, 0.25) is 5.02 Å². The van der Waals surface area contributed by atoms with Crippen molar-refractivity contribution in [2.45, 2.75) is 32.1 Å². The van der Waals surface area contributed by atoms with Crippen LogP contribution in [0.1, 0.15) is 42.8 Å². The Kier molecular flexibility index (Phi) is 6.26. The van der Waals surface area contributed by atoms with Gasteiger partial charge in [0.25, 0.3) is 0 Å². The van der Waals surface area contributed by atoms with Crippen LogP contribution in [0.3, 0.4) is 0 Å². The van der Waals surface area contributed by atoms with Gasteiger partial charge in [-0.15, -0.1) is 10.2 Å². The van der Waals surface area contributed by atoms with Gasteiger partial charge in [-0.2, -0.15) is 9.61 Å².